The van der Waals surface area contributed by atoms with Gasteiger partial charge >= 0.3 is 0 Å². The minimum Gasteiger partial charge on any atom is -0.385 e. The minimum absolute atomic E-state index is 0.00132. The van der Waals surface area contributed by atoms with Gasteiger partial charge in [0, 0.05) is 24.5 Å². The van der Waals surface area contributed by atoms with E-state index in [1.54, 1.807) is 7.05 Å². The van der Waals surface area contributed by atoms with E-state index in [9.17, 15) is 9.90 Å². The summed E-state index contributed by atoms with van der Waals surface area (Å²) in [7, 11) is 1.63. The minimum atomic E-state index is -0.910. The first-order valence-corrected chi connectivity index (χ1v) is 8.35. The van der Waals surface area contributed by atoms with Crippen molar-refractivity contribution >= 4 is 17.5 Å². The van der Waals surface area contributed by atoms with Crippen LogP contribution in [0.4, 0.5) is 0 Å². The number of likely N-dealkylation sites (tertiary alicyclic amines) is 1. The second kappa shape index (κ2) is 6.19. The second-order valence-corrected chi connectivity index (χ2v) is 6.95. The Kier molecular flexibility index (Phi) is 4.44. The lowest BCUT2D eigenvalue weighted by molar-refractivity contribution is -0.142. The number of hydrogen-bond acceptors (Lipinski definition) is 3. The SMILES string of the molecule is CNC(=O)C1CC(O)(c2ccc(CN3CCCC3)c(Cl)c2)C1. The third-order valence-electron chi connectivity index (χ3n) is 4.97. The van der Waals surface area contributed by atoms with Crippen molar-refractivity contribution in [3.63, 3.8) is 0 Å². The Hall–Kier alpha value is -1.10. The maximum atomic E-state index is 11.6. The van der Waals surface area contributed by atoms with E-state index < -0.39 is 5.60 Å². The number of amides is 1. The highest BCUT2D eigenvalue weighted by Crippen LogP contribution is 2.46. The molecule has 1 aliphatic heterocycles. The molecule has 120 valence electrons. The Balaban J connectivity index is 1.68. The summed E-state index contributed by atoms with van der Waals surface area (Å²) in [5.74, 6) is -0.0977. The summed E-state index contributed by atoms with van der Waals surface area (Å²) in [5, 5.41) is 14.0. The number of halogens is 1. The molecule has 22 heavy (non-hydrogen) atoms. The molecule has 1 saturated heterocycles. The number of hydrogen-bond donors (Lipinski definition) is 2. The van der Waals surface area contributed by atoms with Crippen LogP contribution in [-0.2, 0) is 16.9 Å². The molecular weight excluding hydrogens is 300 g/mol. The van der Waals surface area contributed by atoms with Crippen LogP contribution in [0, 0.1) is 5.92 Å². The fraction of sp³-hybridized carbons (Fsp3) is 0.588. The van der Waals surface area contributed by atoms with Crippen LogP contribution < -0.4 is 5.32 Å². The van der Waals surface area contributed by atoms with Gasteiger partial charge in [0.05, 0.1) is 5.60 Å². The van der Waals surface area contributed by atoms with Crippen molar-refractivity contribution in [2.24, 2.45) is 5.92 Å². The molecule has 0 spiro atoms. The average Bonchev–Trinajstić information content (AvgIpc) is 2.98. The van der Waals surface area contributed by atoms with Crippen LogP contribution in [0.15, 0.2) is 18.2 Å². The highest BCUT2D eigenvalue weighted by molar-refractivity contribution is 6.31. The summed E-state index contributed by atoms with van der Waals surface area (Å²) in [6.07, 6.45) is 3.45. The van der Waals surface area contributed by atoms with Gasteiger partial charge in [0.15, 0.2) is 0 Å². The molecule has 1 aromatic carbocycles. The third kappa shape index (κ3) is 3.00. The molecule has 1 saturated carbocycles. The van der Waals surface area contributed by atoms with Gasteiger partial charge in [0.1, 0.15) is 0 Å². The van der Waals surface area contributed by atoms with E-state index in [2.05, 4.69) is 10.2 Å². The first-order chi connectivity index (χ1) is 10.5. The highest BCUT2D eigenvalue weighted by Gasteiger charge is 2.47. The van der Waals surface area contributed by atoms with Crippen LogP contribution in [-0.4, -0.2) is 36.1 Å². The molecule has 0 atom stereocenters. The molecule has 0 aromatic heterocycles. The first kappa shape index (κ1) is 15.8. The lowest BCUT2D eigenvalue weighted by Crippen LogP contribution is -2.47. The van der Waals surface area contributed by atoms with Crippen LogP contribution in [0.2, 0.25) is 5.02 Å². The van der Waals surface area contributed by atoms with Gasteiger partial charge in [-0.3, -0.25) is 9.69 Å². The topological polar surface area (TPSA) is 52.6 Å². The summed E-state index contributed by atoms with van der Waals surface area (Å²) >= 11 is 6.40. The molecular formula is C17H23ClN2O2. The van der Waals surface area contributed by atoms with E-state index in [4.69, 9.17) is 11.6 Å². The van der Waals surface area contributed by atoms with Gasteiger partial charge in [-0.25, -0.2) is 0 Å². The molecule has 2 N–H and O–H groups in total. The number of carbonyl (C=O) groups excluding carboxylic acids is 1. The lowest BCUT2D eigenvalue weighted by atomic mass is 9.67. The molecule has 0 bridgehead atoms. The zero-order valence-electron chi connectivity index (χ0n) is 12.9. The van der Waals surface area contributed by atoms with Crippen molar-refractivity contribution in [3.8, 4) is 0 Å². The Morgan fingerprint density at radius 1 is 1.41 bits per heavy atom. The van der Waals surface area contributed by atoms with Crippen molar-refractivity contribution in [2.45, 2.75) is 37.8 Å². The van der Waals surface area contributed by atoms with Gasteiger partial charge in [-0.2, -0.15) is 0 Å². The van der Waals surface area contributed by atoms with Gasteiger partial charge in [-0.05, 0) is 56.0 Å². The van der Waals surface area contributed by atoms with Gasteiger partial charge in [0.2, 0.25) is 5.91 Å². The third-order valence-corrected chi connectivity index (χ3v) is 5.32. The second-order valence-electron chi connectivity index (χ2n) is 6.54. The monoisotopic (exact) mass is 322 g/mol. The molecule has 1 aromatic rings. The smallest absolute Gasteiger partial charge is 0.223 e. The fourth-order valence-corrected chi connectivity index (χ4v) is 3.77. The number of nitrogens with one attached hydrogen (secondary N) is 1. The standard InChI is InChI=1S/C17H23ClN2O2/c1-19-16(21)13-9-17(22,10-13)14-5-4-12(15(18)8-14)11-20-6-2-3-7-20/h4-5,8,13,22H,2-3,6-7,9-11H2,1H3,(H,19,21). The largest absolute Gasteiger partial charge is 0.385 e. The Morgan fingerprint density at radius 2 is 2.09 bits per heavy atom. The van der Waals surface area contributed by atoms with E-state index >= 15 is 0 Å². The summed E-state index contributed by atoms with van der Waals surface area (Å²) < 4.78 is 0. The van der Waals surface area contributed by atoms with Gasteiger partial charge < -0.3 is 10.4 Å². The molecule has 5 heteroatoms. The van der Waals surface area contributed by atoms with Crippen molar-refractivity contribution in [1.82, 2.24) is 10.2 Å². The van der Waals surface area contributed by atoms with Gasteiger partial charge in [0.25, 0.3) is 0 Å². The van der Waals surface area contributed by atoms with E-state index in [1.807, 2.05) is 18.2 Å². The molecule has 0 unspecified atom stereocenters. The zero-order chi connectivity index (χ0) is 15.7. The van der Waals surface area contributed by atoms with Gasteiger partial charge in [-0.1, -0.05) is 23.7 Å². The number of aliphatic hydroxyl groups is 1. The summed E-state index contributed by atoms with van der Waals surface area (Å²) in [4.78, 5) is 14.0. The molecule has 2 aliphatic rings. The molecule has 4 nitrogen and oxygen atoms in total. The molecule has 0 radical (unpaired) electrons. The summed E-state index contributed by atoms with van der Waals surface area (Å²) in [6.45, 7) is 3.14. The average molecular weight is 323 g/mol. The van der Waals surface area contributed by atoms with Crippen molar-refractivity contribution < 1.29 is 9.90 Å². The van der Waals surface area contributed by atoms with E-state index in [0.29, 0.717) is 17.9 Å². The quantitative estimate of drug-likeness (QED) is 0.894. The lowest BCUT2D eigenvalue weighted by Gasteiger charge is -2.43. The van der Waals surface area contributed by atoms with E-state index in [1.165, 1.54) is 12.8 Å². The Morgan fingerprint density at radius 3 is 2.68 bits per heavy atom. The fourth-order valence-electron chi connectivity index (χ4n) is 3.53. The zero-order valence-corrected chi connectivity index (χ0v) is 13.7. The maximum absolute atomic E-state index is 11.6. The normalized spacial score (nSPS) is 28.4. The van der Waals surface area contributed by atoms with Crippen LogP contribution in [0.5, 0.6) is 0 Å². The first-order valence-electron chi connectivity index (χ1n) is 7.97. The molecule has 2 fully saturated rings. The molecule has 1 amide bonds. The highest BCUT2D eigenvalue weighted by atomic mass is 35.5. The van der Waals surface area contributed by atoms with Gasteiger partial charge in [-0.15, -0.1) is 0 Å². The maximum Gasteiger partial charge on any atom is 0.223 e. The van der Waals surface area contributed by atoms with Crippen molar-refractivity contribution in [3.05, 3.63) is 34.3 Å². The summed E-state index contributed by atoms with van der Waals surface area (Å²) in [6, 6.07) is 5.84. The predicted octanol–water partition coefficient (Wildman–Crippen LogP) is 2.28. The van der Waals surface area contributed by atoms with Crippen LogP contribution in [0.25, 0.3) is 0 Å². The van der Waals surface area contributed by atoms with E-state index in [-0.39, 0.29) is 11.8 Å². The number of carbonyl (C=O) groups is 1. The van der Waals surface area contributed by atoms with Crippen LogP contribution in [0.1, 0.15) is 36.8 Å². The number of benzene rings is 1. The van der Waals surface area contributed by atoms with Crippen LogP contribution in [0.3, 0.4) is 0 Å². The molecule has 1 heterocycles. The van der Waals surface area contributed by atoms with Crippen molar-refractivity contribution in [2.75, 3.05) is 20.1 Å². The Labute approximate surface area is 136 Å². The van der Waals surface area contributed by atoms with E-state index in [0.717, 1.165) is 30.8 Å². The molecule has 1 aliphatic carbocycles. The van der Waals surface area contributed by atoms with Crippen LogP contribution >= 0.6 is 11.6 Å². The predicted molar refractivity (Wildman–Crippen MR) is 86.7 cm³/mol. The number of nitrogens with zero attached hydrogens (tertiary/aromatic N) is 1. The number of rotatable bonds is 4. The molecule has 3 rings (SSSR count). The summed E-state index contributed by atoms with van der Waals surface area (Å²) in [5.41, 5.74) is 1.02. The Bertz CT molecular complexity index is 564. The van der Waals surface area contributed by atoms with Crippen molar-refractivity contribution in [1.29, 1.82) is 0 Å².